The van der Waals surface area contributed by atoms with Crippen molar-refractivity contribution in [2.45, 2.75) is 47.5 Å². The molecule has 102 valence electrons. The third-order valence-electron chi connectivity index (χ3n) is 3.56. The van der Waals surface area contributed by atoms with Gasteiger partial charge < -0.3 is 0 Å². The summed E-state index contributed by atoms with van der Waals surface area (Å²) in [4.78, 5) is 9.30. The SMILES string of the molecule is C=C=C(CC)c1ccc(N=C(C)C(C)CC)c(C)n1. The molecule has 19 heavy (non-hydrogen) atoms. The highest BCUT2D eigenvalue weighted by molar-refractivity contribution is 5.86. The molecular formula is C17H24N2. The number of aliphatic imine (C=N–C) groups is 1. The van der Waals surface area contributed by atoms with Gasteiger partial charge in [0.2, 0.25) is 0 Å². The molecule has 1 aromatic heterocycles. The van der Waals surface area contributed by atoms with Crippen molar-refractivity contribution in [3.63, 3.8) is 0 Å². The molecule has 0 radical (unpaired) electrons. The smallest absolute Gasteiger partial charge is 0.0841 e. The van der Waals surface area contributed by atoms with Gasteiger partial charge >= 0.3 is 0 Å². The van der Waals surface area contributed by atoms with Crippen LogP contribution in [0.1, 0.15) is 51.9 Å². The zero-order chi connectivity index (χ0) is 14.4. The Bertz CT molecular complexity index is 520. The Hall–Kier alpha value is -1.66. The van der Waals surface area contributed by atoms with Gasteiger partial charge in [-0.25, -0.2) is 0 Å². The van der Waals surface area contributed by atoms with Crippen LogP contribution in [0.25, 0.3) is 5.57 Å². The zero-order valence-corrected chi connectivity index (χ0v) is 12.7. The van der Waals surface area contributed by atoms with Gasteiger partial charge in [0.15, 0.2) is 0 Å². The molecule has 0 aromatic carbocycles. The van der Waals surface area contributed by atoms with Crippen LogP contribution in [0.5, 0.6) is 0 Å². The van der Waals surface area contributed by atoms with E-state index in [9.17, 15) is 0 Å². The summed E-state index contributed by atoms with van der Waals surface area (Å²) in [5.74, 6) is 0.512. The molecule has 2 heteroatoms. The molecule has 2 nitrogen and oxygen atoms in total. The molecule has 0 bridgehead atoms. The van der Waals surface area contributed by atoms with Gasteiger partial charge in [0.1, 0.15) is 0 Å². The average molecular weight is 256 g/mol. The molecule has 0 aliphatic rings. The molecule has 0 fully saturated rings. The molecule has 0 saturated heterocycles. The second-order valence-corrected chi connectivity index (χ2v) is 4.87. The molecular weight excluding hydrogens is 232 g/mol. The predicted octanol–water partition coefficient (Wildman–Crippen LogP) is 5.11. The fourth-order valence-electron chi connectivity index (χ4n) is 1.83. The Balaban J connectivity index is 3.11. The van der Waals surface area contributed by atoms with Gasteiger partial charge in [-0.1, -0.05) is 27.4 Å². The maximum atomic E-state index is 4.69. The third kappa shape index (κ3) is 3.90. The summed E-state index contributed by atoms with van der Waals surface area (Å²) in [5, 5.41) is 0. The first-order valence-corrected chi connectivity index (χ1v) is 6.95. The molecule has 1 aromatic rings. The van der Waals surface area contributed by atoms with Crippen LogP contribution in [0.15, 0.2) is 29.4 Å². The third-order valence-corrected chi connectivity index (χ3v) is 3.56. The van der Waals surface area contributed by atoms with Crippen molar-refractivity contribution >= 4 is 17.0 Å². The number of pyridine rings is 1. The Morgan fingerprint density at radius 3 is 2.58 bits per heavy atom. The quantitative estimate of drug-likeness (QED) is 0.531. The van der Waals surface area contributed by atoms with Gasteiger partial charge in [0.25, 0.3) is 0 Å². The summed E-state index contributed by atoms with van der Waals surface area (Å²) in [6.45, 7) is 14.3. The van der Waals surface area contributed by atoms with Crippen molar-refractivity contribution in [2.75, 3.05) is 0 Å². The minimum absolute atomic E-state index is 0.512. The topological polar surface area (TPSA) is 25.2 Å². The standard InChI is InChI=1S/C17H24N2/c1-7-12(4)13(5)18-16-10-11-17(19-14(16)6)15(8-2)9-3/h10-12H,2,7,9H2,1,3-6H3. The number of hydrogen-bond donors (Lipinski definition) is 0. The summed E-state index contributed by atoms with van der Waals surface area (Å²) in [7, 11) is 0. The zero-order valence-electron chi connectivity index (χ0n) is 12.7. The lowest BCUT2D eigenvalue weighted by Crippen LogP contribution is -2.05. The van der Waals surface area contributed by atoms with Gasteiger partial charge in [0.05, 0.1) is 17.1 Å². The Morgan fingerprint density at radius 2 is 2.11 bits per heavy atom. The minimum atomic E-state index is 0.512. The van der Waals surface area contributed by atoms with E-state index < -0.39 is 0 Å². The second-order valence-electron chi connectivity index (χ2n) is 4.87. The van der Waals surface area contributed by atoms with Crippen molar-refractivity contribution in [2.24, 2.45) is 10.9 Å². The second kappa shape index (κ2) is 7.06. The fourth-order valence-corrected chi connectivity index (χ4v) is 1.83. The summed E-state index contributed by atoms with van der Waals surface area (Å²) in [6, 6.07) is 4.04. The Kier molecular flexibility index (Phi) is 5.72. The van der Waals surface area contributed by atoms with Crippen LogP contribution in [-0.2, 0) is 0 Å². The first-order valence-electron chi connectivity index (χ1n) is 6.95. The lowest BCUT2D eigenvalue weighted by Gasteiger charge is -2.10. The van der Waals surface area contributed by atoms with Crippen molar-refractivity contribution in [1.29, 1.82) is 0 Å². The van der Waals surface area contributed by atoms with Crippen molar-refractivity contribution in [1.82, 2.24) is 4.98 Å². The van der Waals surface area contributed by atoms with Crippen LogP contribution in [0.3, 0.4) is 0 Å². The van der Waals surface area contributed by atoms with Crippen molar-refractivity contribution < 1.29 is 0 Å². The minimum Gasteiger partial charge on any atom is -0.256 e. The average Bonchev–Trinajstić information content (AvgIpc) is 2.42. The maximum absolute atomic E-state index is 4.69. The van der Waals surface area contributed by atoms with E-state index in [2.05, 4.69) is 45.0 Å². The van der Waals surface area contributed by atoms with E-state index in [0.717, 1.165) is 41.2 Å². The van der Waals surface area contributed by atoms with Crippen LogP contribution >= 0.6 is 0 Å². The summed E-state index contributed by atoms with van der Waals surface area (Å²) in [5.41, 5.74) is 8.04. The highest BCUT2D eigenvalue weighted by Crippen LogP contribution is 2.22. The molecule has 0 spiro atoms. The first kappa shape index (κ1) is 15.4. The number of aromatic nitrogens is 1. The van der Waals surface area contributed by atoms with Gasteiger partial charge in [-0.05, 0) is 44.7 Å². The van der Waals surface area contributed by atoms with E-state index in [4.69, 9.17) is 4.99 Å². The van der Waals surface area contributed by atoms with E-state index in [1.165, 1.54) is 0 Å². The van der Waals surface area contributed by atoms with Crippen LogP contribution in [-0.4, -0.2) is 10.7 Å². The monoisotopic (exact) mass is 256 g/mol. The lowest BCUT2D eigenvalue weighted by atomic mass is 10.0. The fraction of sp³-hybridized carbons (Fsp3) is 0.471. The van der Waals surface area contributed by atoms with Crippen molar-refractivity contribution in [3.05, 3.63) is 35.8 Å². The predicted molar refractivity (Wildman–Crippen MR) is 84.0 cm³/mol. The molecule has 0 aliphatic carbocycles. The summed E-state index contributed by atoms with van der Waals surface area (Å²) >= 11 is 0. The molecule has 0 N–H and O–H groups in total. The largest absolute Gasteiger partial charge is 0.256 e. The molecule has 1 rings (SSSR count). The number of nitrogens with zero attached hydrogens (tertiary/aromatic N) is 2. The van der Waals surface area contributed by atoms with Gasteiger partial charge in [-0.2, -0.15) is 0 Å². The molecule has 0 saturated carbocycles. The van der Waals surface area contributed by atoms with E-state index in [1.807, 2.05) is 19.1 Å². The van der Waals surface area contributed by atoms with Crippen molar-refractivity contribution in [3.8, 4) is 0 Å². The van der Waals surface area contributed by atoms with Gasteiger partial charge in [-0.15, -0.1) is 5.73 Å². The summed E-state index contributed by atoms with van der Waals surface area (Å²) in [6.07, 6.45) is 2.00. The number of hydrogen-bond acceptors (Lipinski definition) is 2. The molecule has 0 aliphatic heterocycles. The Labute approximate surface area is 117 Å². The van der Waals surface area contributed by atoms with Crippen LogP contribution in [0, 0.1) is 12.8 Å². The van der Waals surface area contributed by atoms with E-state index in [1.54, 1.807) is 0 Å². The van der Waals surface area contributed by atoms with Crippen LogP contribution in [0.4, 0.5) is 5.69 Å². The number of rotatable bonds is 5. The highest BCUT2D eigenvalue weighted by atomic mass is 14.8. The van der Waals surface area contributed by atoms with E-state index in [-0.39, 0.29) is 0 Å². The molecule has 0 amide bonds. The van der Waals surface area contributed by atoms with Crippen LogP contribution in [0.2, 0.25) is 0 Å². The molecule has 1 unspecified atom stereocenters. The first-order chi connectivity index (χ1) is 9.03. The lowest BCUT2D eigenvalue weighted by molar-refractivity contribution is 0.736. The molecule has 1 atom stereocenters. The Morgan fingerprint density at radius 1 is 1.42 bits per heavy atom. The molecule has 1 heterocycles. The van der Waals surface area contributed by atoms with Crippen LogP contribution < -0.4 is 0 Å². The number of allylic oxidation sites excluding steroid dienone is 1. The van der Waals surface area contributed by atoms with E-state index in [0.29, 0.717) is 5.92 Å². The highest BCUT2D eigenvalue weighted by Gasteiger charge is 2.07. The maximum Gasteiger partial charge on any atom is 0.0841 e. The normalized spacial score (nSPS) is 13.0. The number of aryl methyl sites for hydroxylation is 1. The van der Waals surface area contributed by atoms with Gasteiger partial charge in [0, 0.05) is 11.3 Å². The summed E-state index contributed by atoms with van der Waals surface area (Å²) < 4.78 is 0. The van der Waals surface area contributed by atoms with E-state index >= 15 is 0 Å². The van der Waals surface area contributed by atoms with Gasteiger partial charge in [-0.3, -0.25) is 9.98 Å².